The van der Waals surface area contributed by atoms with Gasteiger partial charge in [-0.3, -0.25) is 0 Å². The average molecular weight is 275 g/mol. The molecule has 0 amide bonds. The molecule has 2 aromatic rings. The number of hydrogen-bond donors (Lipinski definition) is 2. The van der Waals surface area contributed by atoms with E-state index in [0.29, 0.717) is 17.8 Å². The molecule has 0 bridgehead atoms. The number of unbranched alkanes of at least 4 members (excludes halogenated alkanes) is 3. The summed E-state index contributed by atoms with van der Waals surface area (Å²) >= 11 is 0. The highest BCUT2D eigenvalue weighted by Crippen LogP contribution is 2.08. The number of hydrogen-bond acceptors (Lipinski definition) is 6. The van der Waals surface area contributed by atoms with Crippen LogP contribution < -0.4 is 10.6 Å². The van der Waals surface area contributed by atoms with Crippen molar-refractivity contribution < 1.29 is 0 Å². The van der Waals surface area contributed by atoms with Crippen molar-refractivity contribution in [3.8, 4) is 5.95 Å². The fraction of sp³-hybridized carbons (Fsp3) is 0.538. The van der Waals surface area contributed by atoms with Crippen molar-refractivity contribution in [2.75, 3.05) is 24.2 Å². The Balaban J connectivity index is 2.03. The smallest absolute Gasteiger partial charge is 0.257 e. The van der Waals surface area contributed by atoms with Gasteiger partial charge in [-0.2, -0.15) is 20.1 Å². The lowest BCUT2D eigenvalue weighted by Crippen LogP contribution is -2.12. The van der Waals surface area contributed by atoms with Crippen LogP contribution in [0.15, 0.2) is 18.5 Å². The molecule has 0 aliphatic heterocycles. The molecule has 2 aromatic heterocycles. The number of nitrogens with zero attached hydrogens (tertiary/aromatic N) is 5. The fourth-order valence-electron chi connectivity index (χ4n) is 1.80. The Morgan fingerprint density at radius 3 is 2.65 bits per heavy atom. The molecule has 0 saturated heterocycles. The van der Waals surface area contributed by atoms with E-state index in [-0.39, 0.29) is 0 Å². The summed E-state index contributed by atoms with van der Waals surface area (Å²) in [6.45, 7) is 3.07. The molecule has 7 heteroatoms. The maximum Gasteiger partial charge on any atom is 0.257 e. The van der Waals surface area contributed by atoms with Gasteiger partial charge in [0, 0.05) is 26.0 Å². The number of rotatable bonds is 8. The van der Waals surface area contributed by atoms with Gasteiger partial charge in [-0.05, 0) is 12.5 Å². The van der Waals surface area contributed by atoms with E-state index in [1.54, 1.807) is 24.1 Å². The van der Waals surface area contributed by atoms with E-state index >= 15 is 0 Å². The van der Waals surface area contributed by atoms with Gasteiger partial charge in [0.05, 0.1) is 0 Å². The first kappa shape index (κ1) is 14.2. The minimum atomic E-state index is 0.505. The van der Waals surface area contributed by atoms with Crippen LogP contribution in [0.4, 0.5) is 11.9 Å². The summed E-state index contributed by atoms with van der Waals surface area (Å²) in [7, 11) is 1.78. The average Bonchev–Trinajstić information content (AvgIpc) is 3.01. The molecule has 7 nitrogen and oxygen atoms in total. The van der Waals surface area contributed by atoms with Crippen molar-refractivity contribution in [3.05, 3.63) is 18.5 Å². The maximum absolute atomic E-state index is 4.37. The second-order valence-corrected chi connectivity index (χ2v) is 4.47. The second kappa shape index (κ2) is 7.42. The summed E-state index contributed by atoms with van der Waals surface area (Å²) < 4.78 is 1.62. The molecule has 0 saturated carbocycles. The topological polar surface area (TPSA) is 80.5 Å². The van der Waals surface area contributed by atoms with E-state index in [9.17, 15) is 0 Å². The van der Waals surface area contributed by atoms with Crippen molar-refractivity contribution in [3.63, 3.8) is 0 Å². The Labute approximate surface area is 118 Å². The van der Waals surface area contributed by atoms with Crippen LogP contribution in [0.5, 0.6) is 0 Å². The number of anilines is 2. The lowest BCUT2D eigenvalue weighted by atomic mass is 10.2. The Bertz CT molecular complexity index is 509. The first-order valence-corrected chi connectivity index (χ1v) is 7.01. The van der Waals surface area contributed by atoms with Gasteiger partial charge in [0.2, 0.25) is 11.9 Å². The highest BCUT2D eigenvalue weighted by Gasteiger charge is 2.07. The van der Waals surface area contributed by atoms with Crippen molar-refractivity contribution in [1.29, 1.82) is 0 Å². The second-order valence-electron chi connectivity index (χ2n) is 4.47. The third-order valence-electron chi connectivity index (χ3n) is 2.87. The van der Waals surface area contributed by atoms with Gasteiger partial charge >= 0.3 is 0 Å². The van der Waals surface area contributed by atoms with Crippen LogP contribution in [-0.2, 0) is 0 Å². The molecule has 0 spiro atoms. The summed E-state index contributed by atoms with van der Waals surface area (Å²) in [5.41, 5.74) is 0. The molecule has 2 N–H and O–H groups in total. The molecular formula is C13H21N7. The van der Waals surface area contributed by atoms with Gasteiger partial charge in [0.15, 0.2) is 0 Å². The molecule has 0 radical (unpaired) electrons. The van der Waals surface area contributed by atoms with E-state index in [1.165, 1.54) is 19.3 Å². The highest BCUT2D eigenvalue weighted by atomic mass is 15.4. The molecular weight excluding hydrogens is 254 g/mol. The van der Waals surface area contributed by atoms with E-state index in [1.807, 2.05) is 6.07 Å². The third-order valence-corrected chi connectivity index (χ3v) is 2.87. The maximum atomic E-state index is 4.37. The molecule has 2 heterocycles. The van der Waals surface area contributed by atoms with Gasteiger partial charge < -0.3 is 10.6 Å². The SMILES string of the molecule is CCCCCCNc1nc(NC)nc(-n2cccn2)n1. The normalized spacial score (nSPS) is 10.5. The van der Waals surface area contributed by atoms with Crippen LogP contribution in [0.2, 0.25) is 0 Å². The van der Waals surface area contributed by atoms with Crippen LogP contribution in [0.3, 0.4) is 0 Å². The zero-order chi connectivity index (χ0) is 14.2. The third kappa shape index (κ3) is 3.91. The predicted octanol–water partition coefficient (Wildman–Crippen LogP) is 2.09. The monoisotopic (exact) mass is 275 g/mol. The van der Waals surface area contributed by atoms with Crippen molar-refractivity contribution in [2.24, 2.45) is 0 Å². The molecule has 0 atom stereocenters. The zero-order valence-corrected chi connectivity index (χ0v) is 12.0. The fourth-order valence-corrected chi connectivity index (χ4v) is 1.80. The number of nitrogens with one attached hydrogen (secondary N) is 2. The lowest BCUT2D eigenvalue weighted by molar-refractivity contribution is 0.682. The first-order valence-electron chi connectivity index (χ1n) is 7.01. The molecule has 2 rings (SSSR count). The minimum absolute atomic E-state index is 0.505. The number of aromatic nitrogens is 5. The molecule has 0 aliphatic carbocycles. The van der Waals surface area contributed by atoms with E-state index in [4.69, 9.17) is 0 Å². The van der Waals surface area contributed by atoms with Gasteiger partial charge in [-0.25, -0.2) is 4.68 Å². The summed E-state index contributed by atoms with van der Waals surface area (Å²) in [4.78, 5) is 12.9. The van der Waals surface area contributed by atoms with Gasteiger partial charge in [0.1, 0.15) is 0 Å². The van der Waals surface area contributed by atoms with E-state index in [2.05, 4.69) is 37.6 Å². The summed E-state index contributed by atoms with van der Waals surface area (Å²) in [5, 5.41) is 10.3. The van der Waals surface area contributed by atoms with Crippen molar-refractivity contribution in [1.82, 2.24) is 24.7 Å². The first-order chi connectivity index (χ1) is 9.83. The zero-order valence-electron chi connectivity index (χ0n) is 12.0. The summed E-state index contributed by atoms with van der Waals surface area (Å²) in [6.07, 6.45) is 8.34. The molecule has 20 heavy (non-hydrogen) atoms. The van der Waals surface area contributed by atoms with Crippen LogP contribution in [0.25, 0.3) is 5.95 Å². The molecule has 108 valence electrons. The summed E-state index contributed by atoms with van der Waals surface area (Å²) in [6, 6.07) is 1.83. The van der Waals surface area contributed by atoms with Crippen LogP contribution >= 0.6 is 0 Å². The van der Waals surface area contributed by atoms with Crippen LogP contribution in [-0.4, -0.2) is 38.3 Å². The Morgan fingerprint density at radius 2 is 1.95 bits per heavy atom. The largest absolute Gasteiger partial charge is 0.357 e. The lowest BCUT2D eigenvalue weighted by Gasteiger charge is -2.08. The van der Waals surface area contributed by atoms with Crippen molar-refractivity contribution >= 4 is 11.9 Å². The Kier molecular flexibility index (Phi) is 5.28. The van der Waals surface area contributed by atoms with Gasteiger partial charge in [0.25, 0.3) is 5.95 Å². The van der Waals surface area contributed by atoms with Gasteiger partial charge in [-0.15, -0.1) is 0 Å². The van der Waals surface area contributed by atoms with Crippen LogP contribution in [0.1, 0.15) is 32.6 Å². The van der Waals surface area contributed by atoms with Crippen LogP contribution in [0, 0.1) is 0 Å². The van der Waals surface area contributed by atoms with E-state index < -0.39 is 0 Å². The summed E-state index contributed by atoms with van der Waals surface area (Å²) in [5.74, 6) is 1.61. The van der Waals surface area contributed by atoms with Crippen molar-refractivity contribution in [2.45, 2.75) is 32.6 Å². The van der Waals surface area contributed by atoms with E-state index in [0.717, 1.165) is 13.0 Å². The minimum Gasteiger partial charge on any atom is -0.357 e. The predicted molar refractivity (Wildman–Crippen MR) is 79.1 cm³/mol. The Hall–Kier alpha value is -2.18. The molecule has 0 aromatic carbocycles. The Morgan fingerprint density at radius 1 is 1.10 bits per heavy atom. The van der Waals surface area contributed by atoms with Gasteiger partial charge in [-0.1, -0.05) is 26.2 Å². The standard InChI is InChI=1S/C13H21N7/c1-3-4-5-6-8-15-12-17-11(14-2)18-13(19-12)20-10-7-9-16-20/h7,9-10H,3-6,8H2,1-2H3,(H2,14,15,17,18,19). The molecule has 0 aliphatic rings. The molecule has 0 unspecified atom stereocenters. The molecule has 0 fully saturated rings. The quantitative estimate of drug-likeness (QED) is 0.718. The highest BCUT2D eigenvalue weighted by molar-refractivity contribution is 5.37.